The molecule has 1 fully saturated rings. The highest BCUT2D eigenvalue weighted by molar-refractivity contribution is 5.94. The van der Waals surface area contributed by atoms with Crippen molar-refractivity contribution >= 4 is 17.6 Å². The molecule has 0 bridgehead atoms. The highest BCUT2D eigenvalue weighted by atomic mass is 16.5. The minimum atomic E-state index is -0.882. The lowest BCUT2D eigenvalue weighted by Crippen LogP contribution is -2.41. The van der Waals surface area contributed by atoms with Crippen molar-refractivity contribution in [3.05, 3.63) is 36.4 Å². The molecule has 1 amide bonds. The molecular weight excluding hydrogens is 282 g/mol. The van der Waals surface area contributed by atoms with E-state index in [1.54, 1.807) is 24.3 Å². The molecule has 0 spiro atoms. The maximum atomic E-state index is 12.1. The van der Waals surface area contributed by atoms with Gasteiger partial charge in [0.1, 0.15) is 12.4 Å². The van der Waals surface area contributed by atoms with Crippen LogP contribution in [0, 0.1) is 5.41 Å². The van der Waals surface area contributed by atoms with E-state index in [9.17, 15) is 14.7 Å². The number of hydrogen-bond donors (Lipinski definition) is 2. The predicted molar refractivity (Wildman–Crippen MR) is 83.9 cm³/mol. The quantitative estimate of drug-likeness (QED) is 0.758. The number of benzene rings is 1. The van der Waals surface area contributed by atoms with Crippen molar-refractivity contribution in [2.75, 3.05) is 11.9 Å². The smallest absolute Gasteiger partial charge is 0.310 e. The summed E-state index contributed by atoms with van der Waals surface area (Å²) in [6.07, 6.45) is 2.01. The number of amides is 1. The van der Waals surface area contributed by atoms with Crippen LogP contribution in [0.3, 0.4) is 0 Å². The topological polar surface area (TPSA) is 75.6 Å². The van der Waals surface area contributed by atoms with Crippen LogP contribution in [0.5, 0.6) is 5.75 Å². The second kappa shape index (κ2) is 6.64. The Morgan fingerprint density at radius 2 is 2.14 bits per heavy atom. The average molecular weight is 303 g/mol. The molecule has 1 saturated carbocycles. The number of ether oxygens (including phenoxy) is 1. The zero-order valence-electron chi connectivity index (χ0n) is 12.7. The zero-order valence-corrected chi connectivity index (χ0v) is 12.7. The van der Waals surface area contributed by atoms with Gasteiger partial charge in [0, 0.05) is 18.2 Å². The van der Waals surface area contributed by atoms with E-state index in [1.165, 1.54) is 0 Å². The lowest BCUT2D eigenvalue weighted by Gasteiger charge is -2.36. The molecule has 0 radical (unpaired) electrons. The number of carbonyl (C=O) groups is 2. The van der Waals surface area contributed by atoms with Gasteiger partial charge in [0.05, 0.1) is 5.41 Å². The molecule has 5 heteroatoms. The lowest BCUT2D eigenvalue weighted by atomic mass is 9.66. The van der Waals surface area contributed by atoms with Gasteiger partial charge < -0.3 is 15.2 Å². The van der Waals surface area contributed by atoms with E-state index in [1.807, 2.05) is 6.92 Å². The fraction of sp³-hybridized carbons (Fsp3) is 0.412. The van der Waals surface area contributed by atoms with Crippen LogP contribution in [0.4, 0.5) is 5.69 Å². The normalized spacial score (nSPS) is 15.5. The van der Waals surface area contributed by atoms with Gasteiger partial charge in [-0.3, -0.25) is 9.59 Å². The highest BCUT2D eigenvalue weighted by Gasteiger charge is 2.45. The maximum absolute atomic E-state index is 12.1. The molecule has 1 aromatic carbocycles. The summed E-state index contributed by atoms with van der Waals surface area (Å²) >= 11 is 0. The van der Waals surface area contributed by atoms with Crippen LogP contribution in [0.2, 0.25) is 0 Å². The molecule has 118 valence electrons. The molecule has 0 heterocycles. The Morgan fingerprint density at radius 3 is 2.68 bits per heavy atom. The van der Waals surface area contributed by atoms with Crippen molar-refractivity contribution in [2.45, 2.75) is 32.6 Å². The Hall–Kier alpha value is -2.30. The predicted octanol–water partition coefficient (Wildman–Crippen LogP) is 3.23. The summed E-state index contributed by atoms with van der Waals surface area (Å²) < 4.78 is 5.52. The number of carboxylic acids is 1. The third-order valence-corrected chi connectivity index (χ3v) is 3.87. The summed E-state index contributed by atoms with van der Waals surface area (Å²) in [5.41, 5.74) is 0.630. The Morgan fingerprint density at radius 1 is 1.41 bits per heavy atom. The summed E-state index contributed by atoms with van der Waals surface area (Å²) in [4.78, 5) is 23.4. The SMILES string of the molecule is C=C(C)COc1cccc(NC(=O)CC2(C(=O)O)CCC2)c1. The average Bonchev–Trinajstić information content (AvgIpc) is 2.40. The fourth-order valence-electron chi connectivity index (χ4n) is 2.45. The van der Waals surface area contributed by atoms with Gasteiger partial charge >= 0.3 is 5.97 Å². The molecule has 1 aliphatic carbocycles. The fourth-order valence-corrected chi connectivity index (χ4v) is 2.45. The van der Waals surface area contributed by atoms with Gasteiger partial charge in [-0.05, 0) is 37.5 Å². The van der Waals surface area contributed by atoms with Crippen LogP contribution in [-0.4, -0.2) is 23.6 Å². The van der Waals surface area contributed by atoms with Crippen molar-refractivity contribution in [3.8, 4) is 5.75 Å². The molecule has 0 aliphatic heterocycles. The van der Waals surface area contributed by atoms with Gasteiger partial charge in [0.2, 0.25) is 5.91 Å². The van der Waals surface area contributed by atoms with Gasteiger partial charge in [0.25, 0.3) is 0 Å². The number of carboxylic acid groups (broad SMARTS) is 1. The van der Waals surface area contributed by atoms with Crippen LogP contribution in [-0.2, 0) is 9.59 Å². The summed E-state index contributed by atoms with van der Waals surface area (Å²) in [5.74, 6) is -0.524. The maximum Gasteiger partial charge on any atom is 0.310 e. The monoisotopic (exact) mass is 303 g/mol. The van der Waals surface area contributed by atoms with Gasteiger partial charge in [0.15, 0.2) is 0 Å². The summed E-state index contributed by atoms with van der Waals surface area (Å²) in [7, 11) is 0. The third-order valence-electron chi connectivity index (χ3n) is 3.87. The van der Waals surface area contributed by atoms with Crippen molar-refractivity contribution in [2.24, 2.45) is 5.41 Å². The molecule has 5 nitrogen and oxygen atoms in total. The molecule has 0 atom stereocenters. The third kappa shape index (κ3) is 3.87. The van der Waals surface area contributed by atoms with Crippen LogP contribution >= 0.6 is 0 Å². The Balaban J connectivity index is 1.95. The number of carbonyl (C=O) groups excluding carboxylic acids is 1. The first-order valence-corrected chi connectivity index (χ1v) is 7.32. The molecule has 0 unspecified atom stereocenters. The van der Waals surface area contributed by atoms with Crippen molar-refractivity contribution in [1.29, 1.82) is 0 Å². The molecular formula is C17H21NO4. The van der Waals surface area contributed by atoms with Gasteiger partial charge in [-0.2, -0.15) is 0 Å². The lowest BCUT2D eigenvalue weighted by molar-refractivity contribution is -0.157. The minimum absolute atomic E-state index is 0.0131. The largest absolute Gasteiger partial charge is 0.489 e. The summed E-state index contributed by atoms with van der Waals surface area (Å²) in [6.45, 7) is 6.05. The first-order valence-electron chi connectivity index (χ1n) is 7.32. The van der Waals surface area contributed by atoms with E-state index in [2.05, 4.69) is 11.9 Å². The van der Waals surface area contributed by atoms with Crippen LogP contribution < -0.4 is 10.1 Å². The number of anilines is 1. The molecule has 0 saturated heterocycles. The van der Waals surface area contributed by atoms with Gasteiger partial charge in [-0.15, -0.1) is 0 Å². The number of aliphatic carboxylic acids is 1. The first kappa shape index (κ1) is 16.1. The summed E-state index contributed by atoms with van der Waals surface area (Å²) in [6, 6.07) is 7.04. The van der Waals surface area contributed by atoms with Crippen LogP contribution in [0.25, 0.3) is 0 Å². The zero-order chi connectivity index (χ0) is 16.2. The standard InChI is InChI=1S/C17H21NO4/c1-12(2)11-22-14-6-3-5-13(9-14)18-15(19)10-17(16(20)21)7-4-8-17/h3,5-6,9H,1,4,7-8,10-11H2,2H3,(H,18,19)(H,20,21). The van der Waals surface area contributed by atoms with Gasteiger partial charge in [-0.1, -0.05) is 19.1 Å². The van der Waals surface area contributed by atoms with E-state index in [-0.39, 0.29) is 12.3 Å². The van der Waals surface area contributed by atoms with Crippen LogP contribution in [0.15, 0.2) is 36.4 Å². The van der Waals surface area contributed by atoms with Gasteiger partial charge in [-0.25, -0.2) is 0 Å². The molecule has 2 N–H and O–H groups in total. The van der Waals surface area contributed by atoms with Crippen LogP contribution in [0.1, 0.15) is 32.6 Å². The number of hydrogen-bond acceptors (Lipinski definition) is 3. The van der Waals surface area contributed by atoms with E-state index >= 15 is 0 Å². The highest BCUT2D eigenvalue weighted by Crippen LogP contribution is 2.44. The Bertz CT molecular complexity index is 590. The van der Waals surface area contributed by atoms with Crippen molar-refractivity contribution in [3.63, 3.8) is 0 Å². The van der Waals surface area contributed by atoms with E-state index in [4.69, 9.17) is 4.74 Å². The minimum Gasteiger partial charge on any atom is -0.489 e. The molecule has 22 heavy (non-hydrogen) atoms. The Kier molecular flexibility index (Phi) is 4.85. The molecule has 1 aromatic rings. The van der Waals surface area contributed by atoms with E-state index in [0.29, 0.717) is 30.9 Å². The van der Waals surface area contributed by atoms with Crippen molar-refractivity contribution < 1.29 is 19.4 Å². The second-order valence-electron chi connectivity index (χ2n) is 5.94. The first-order chi connectivity index (χ1) is 10.4. The van der Waals surface area contributed by atoms with Crippen molar-refractivity contribution in [1.82, 2.24) is 0 Å². The molecule has 0 aromatic heterocycles. The van der Waals surface area contributed by atoms with E-state index in [0.717, 1.165) is 12.0 Å². The molecule has 2 rings (SSSR count). The molecule has 1 aliphatic rings. The second-order valence-corrected chi connectivity index (χ2v) is 5.94. The van der Waals surface area contributed by atoms with E-state index < -0.39 is 11.4 Å². The summed E-state index contributed by atoms with van der Waals surface area (Å²) in [5, 5.41) is 12.0. The number of nitrogens with one attached hydrogen (secondary N) is 1. The Labute approximate surface area is 130 Å². The number of rotatable bonds is 7.